The SMILES string of the molecule is Cc1cc(OCC(C)C)ccc1C(O)=C1C(=O)C(=O)N(CCCN2CCOCC2)[C@@H]1c1ccc(Cl)c(Cl)c1. The molecule has 1 amide bonds. The molecule has 0 spiro atoms. The van der Waals surface area contributed by atoms with Gasteiger partial charge in [-0.1, -0.05) is 43.1 Å². The molecule has 2 aliphatic heterocycles. The average Bonchev–Trinajstić information content (AvgIpc) is 3.14. The number of benzene rings is 2. The summed E-state index contributed by atoms with van der Waals surface area (Å²) in [5, 5.41) is 12.1. The molecule has 0 bridgehead atoms. The Balaban J connectivity index is 1.68. The number of carbonyl (C=O) groups excluding carboxylic acids is 2. The molecule has 7 nitrogen and oxygen atoms in total. The topological polar surface area (TPSA) is 79.3 Å². The lowest BCUT2D eigenvalue weighted by Gasteiger charge is -2.29. The van der Waals surface area contributed by atoms with Crippen molar-refractivity contribution in [3.8, 4) is 5.75 Å². The van der Waals surface area contributed by atoms with Gasteiger partial charge in [0.05, 0.1) is 41.5 Å². The molecule has 2 aliphatic rings. The third kappa shape index (κ3) is 6.34. The maximum Gasteiger partial charge on any atom is 0.295 e. The molecule has 0 unspecified atom stereocenters. The second-order valence-corrected chi connectivity index (χ2v) is 11.0. The van der Waals surface area contributed by atoms with Gasteiger partial charge in [0.1, 0.15) is 11.5 Å². The number of ether oxygens (including phenoxy) is 2. The van der Waals surface area contributed by atoms with Crippen LogP contribution in [0, 0.1) is 12.8 Å². The van der Waals surface area contributed by atoms with Crippen LogP contribution in [-0.2, 0) is 14.3 Å². The van der Waals surface area contributed by atoms with Crippen LogP contribution in [0.15, 0.2) is 42.0 Å². The number of ketones is 1. The summed E-state index contributed by atoms with van der Waals surface area (Å²) in [5.74, 6) is -0.530. The van der Waals surface area contributed by atoms with E-state index in [1.807, 2.05) is 13.0 Å². The fourth-order valence-corrected chi connectivity index (χ4v) is 5.14. The van der Waals surface area contributed by atoms with E-state index in [0.29, 0.717) is 65.6 Å². The van der Waals surface area contributed by atoms with Crippen LogP contribution < -0.4 is 4.74 Å². The van der Waals surface area contributed by atoms with Gasteiger partial charge in [0.15, 0.2) is 0 Å². The molecule has 0 radical (unpaired) electrons. The monoisotopic (exact) mass is 560 g/mol. The van der Waals surface area contributed by atoms with Gasteiger partial charge < -0.3 is 19.5 Å². The Morgan fingerprint density at radius 1 is 1.08 bits per heavy atom. The van der Waals surface area contributed by atoms with Crippen molar-refractivity contribution in [2.75, 3.05) is 46.0 Å². The highest BCUT2D eigenvalue weighted by atomic mass is 35.5. The summed E-state index contributed by atoms with van der Waals surface area (Å²) in [6.07, 6.45) is 0.672. The van der Waals surface area contributed by atoms with Crippen LogP contribution in [0.3, 0.4) is 0 Å². The minimum atomic E-state index is -0.786. The summed E-state index contributed by atoms with van der Waals surface area (Å²) in [7, 11) is 0. The van der Waals surface area contributed by atoms with Crippen LogP contribution >= 0.6 is 23.2 Å². The predicted molar refractivity (Wildman–Crippen MR) is 149 cm³/mol. The van der Waals surface area contributed by atoms with Crippen LogP contribution in [0.2, 0.25) is 10.0 Å². The fraction of sp³-hybridized carbons (Fsp3) is 0.448. The van der Waals surface area contributed by atoms with Crippen LogP contribution in [0.1, 0.15) is 43.0 Å². The number of halogens is 2. The molecule has 2 saturated heterocycles. The van der Waals surface area contributed by atoms with Crippen molar-refractivity contribution in [1.29, 1.82) is 0 Å². The number of nitrogens with zero attached hydrogens (tertiary/aromatic N) is 2. The van der Waals surface area contributed by atoms with E-state index in [9.17, 15) is 14.7 Å². The molecule has 38 heavy (non-hydrogen) atoms. The van der Waals surface area contributed by atoms with Gasteiger partial charge in [-0.05, 0) is 60.7 Å². The number of aryl methyl sites for hydroxylation is 1. The number of morpholine rings is 1. The maximum atomic E-state index is 13.4. The molecule has 2 aromatic carbocycles. The molecular formula is C29H34Cl2N2O5. The largest absolute Gasteiger partial charge is 0.507 e. The number of aliphatic hydroxyl groups excluding tert-OH is 1. The van der Waals surface area contributed by atoms with E-state index in [-0.39, 0.29) is 11.3 Å². The van der Waals surface area contributed by atoms with E-state index in [1.165, 1.54) is 4.90 Å². The molecule has 2 fully saturated rings. The molecule has 2 aromatic rings. The Morgan fingerprint density at radius 3 is 2.47 bits per heavy atom. The Bertz CT molecular complexity index is 1220. The highest BCUT2D eigenvalue weighted by Gasteiger charge is 2.46. The lowest BCUT2D eigenvalue weighted by atomic mass is 9.94. The van der Waals surface area contributed by atoms with Gasteiger partial charge in [-0.3, -0.25) is 14.5 Å². The third-order valence-corrected chi connectivity index (χ3v) is 7.55. The highest BCUT2D eigenvalue weighted by molar-refractivity contribution is 6.47. The highest BCUT2D eigenvalue weighted by Crippen LogP contribution is 2.41. The number of Topliss-reactive ketones (excluding diaryl/α,β-unsaturated/α-hetero) is 1. The lowest BCUT2D eigenvalue weighted by molar-refractivity contribution is -0.140. The maximum absolute atomic E-state index is 13.4. The molecule has 204 valence electrons. The Morgan fingerprint density at radius 2 is 1.82 bits per heavy atom. The zero-order chi connectivity index (χ0) is 27.4. The Kier molecular flexibility index (Phi) is 9.36. The summed E-state index contributed by atoms with van der Waals surface area (Å²) >= 11 is 12.5. The van der Waals surface area contributed by atoms with Gasteiger partial charge in [-0.2, -0.15) is 0 Å². The van der Waals surface area contributed by atoms with Crippen molar-refractivity contribution >= 4 is 40.7 Å². The average molecular weight is 562 g/mol. The van der Waals surface area contributed by atoms with E-state index in [0.717, 1.165) is 25.2 Å². The van der Waals surface area contributed by atoms with Crippen LogP contribution in [0.4, 0.5) is 0 Å². The van der Waals surface area contributed by atoms with E-state index < -0.39 is 17.7 Å². The van der Waals surface area contributed by atoms with Gasteiger partial charge >= 0.3 is 0 Å². The first kappa shape index (κ1) is 28.4. The molecule has 1 atom stereocenters. The Hall–Kier alpha value is -2.58. The number of hydrogen-bond donors (Lipinski definition) is 1. The second-order valence-electron chi connectivity index (χ2n) is 10.2. The number of hydrogen-bond acceptors (Lipinski definition) is 6. The van der Waals surface area contributed by atoms with E-state index in [2.05, 4.69) is 18.7 Å². The zero-order valence-corrected chi connectivity index (χ0v) is 23.5. The smallest absolute Gasteiger partial charge is 0.295 e. The first-order valence-electron chi connectivity index (χ1n) is 12.9. The summed E-state index contributed by atoms with van der Waals surface area (Å²) < 4.78 is 11.2. The summed E-state index contributed by atoms with van der Waals surface area (Å²) in [4.78, 5) is 30.5. The molecule has 0 aliphatic carbocycles. The van der Waals surface area contributed by atoms with Gasteiger partial charge in [-0.15, -0.1) is 0 Å². The van der Waals surface area contributed by atoms with Crippen molar-refractivity contribution in [2.45, 2.75) is 33.2 Å². The molecule has 1 N–H and O–H groups in total. The number of rotatable bonds is 9. The van der Waals surface area contributed by atoms with Crippen LogP contribution in [0.5, 0.6) is 5.75 Å². The molecule has 2 heterocycles. The third-order valence-electron chi connectivity index (χ3n) is 6.81. The first-order chi connectivity index (χ1) is 18.2. The van der Waals surface area contributed by atoms with Crippen LogP contribution in [-0.4, -0.2) is 72.6 Å². The first-order valence-corrected chi connectivity index (χ1v) is 13.7. The number of aliphatic hydroxyl groups is 1. The predicted octanol–water partition coefficient (Wildman–Crippen LogP) is 5.48. The number of carbonyl (C=O) groups is 2. The van der Waals surface area contributed by atoms with Crippen molar-refractivity contribution in [2.24, 2.45) is 5.92 Å². The minimum Gasteiger partial charge on any atom is -0.507 e. The minimum absolute atomic E-state index is 0.0405. The lowest BCUT2D eigenvalue weighted by Crippen LogP contribution is -2.38. The van der Waals surface area contributed by atoms with Gasteiger partial charge in [0.2, 0.25) is 0 Å². The summed E-state index contributed by atoms with van der Waals surface area (Å²) in [5.41, 5.74) is 1.85. The second kappa shape index (κ2) is 12.5. The Labute approximate surface area is 233 Å². The molecule has 9 heteroatoms. The van der Waals surface area contributed by atoms with Crippen molar-refractivity contribution in [3.63, 3.8) is 0 Å². The standard InChI is InChI=1S/C29H34Cl2N2O5/c1-18(2)17-38-21-6-7-22(19(3)15-21)27(34)25-26(20-5-8-23(30)24(31)16-20)33(29(36)28(25)35)10-4-9-32-11-13-37-14-12-32/h5-8,15-16,18,26,34H,4,9-14,17H2,1-3H3/t26-/m1/s1. The van der Waals surface area contributed by atoms with Crippen molar-refractivity contribution in [1.82, 2.24) is 9.80 Å². The number of amides is 1. The number of likely N-dealkylation sites (tertiary alicyclic amines) is 1. The summed E-state index contributed by atoms with van der Waals surface area (Å²) in [6, 6.07) is 9.55. The van der Waals surface area contributed by atoms with Crippen LogP contribution in [0.25, 0.3) is 5.76 Å². The van der Waals surface area contributed by atoms with Gasteiger partial charge in [-0.25, -0.2) is 0 Å². The van der Waals surface area contributed by atoms with E-state index >= 15 is 0 Å². The molecule has 4 rings (SSSR count). The van der Waals surface area contributed by atoms with Gasteiger partial charge in [0.25, 0.3) is 11.7 Å². The fourth-order valence-electron chi connectivity index (χ4n) is 4.83. The summed E-state index contributed by atoms with van der Waals surface area (Å²) in [6.45, 7) is 10.7. The normalized spacial score (nSPS) is 19.9. The molecule has 0 saturated carbocycles. The van der Waals surface area contributed by atoms with E-state index in [4.69, 9.17) is 32.7 Å². The zero-order valence-electron chi connectivity index (χ0n) is 22.0. The molecule has 0 aromatic heterocycles. The van der Waals surface area contributed by atoms with Crippen molar-refractivity contribution < 1.29 is 24.2 Å². The van der Waals surface area contributed by atoms with Gasteiger partial charge in [0, 0.05) is 31.7 Å². The van der Waals surface area contributed by atoms with Crippen molar-refractivity contribution in [3.05, 3.63) is 68.7 Å². The van der Waals surface area contributed by atoms with E-state index in [1.54, 1.807) is 30.3 Å². The quantitative estimate of drug-likeness (QED) is 0.248. The molecular weight excluding hydrogens is 527 g/mol.